The fourth-order valence-electron chi connectivity index (χ4n) is 1.53. The topological polar surface area (TPSA) is 80.9 Å². The molecule has 0 aliphatic heterocycles. The molecule has 0 saturated carbocycles. The van der Waals surface area contributed by atoms with E-state index in [0.29, 0.717) is 11.4 Å². The first kappa shape index (κ1) is 12.5. The Hall–Kier alpha value is -1.95. The minimum atomic E-state index is -0.511. The van der Waals surface area contributed by atoms with Crippen molar-refractivity contribution in [2.24, 2.45) is 0 Å². The molecule has 0 aliphatic carbocycles. The quantitative estimate of drug-likeness (QED) is 0.883. The van der Waals surface area contributed by atoms with E-state index in [4.69, 9.17) is 5.73 Å². The van der Waals surface area contributed by atoms with E-state index in [-0.39, 0.29) is 5.91 Å². The molecular formula is C12H14N4OS. The number of carbonyl (C=O) groups is 1. The van der Waals surface area contributed by atoms with E-state index in [1.54, 1.807) is 18.3 Å². The largest absolute Gasteiger partial charge is 0.384 e. The van der Waals surface area contributed by atoms with Crippen LogP contribution in [0, 0.1) is 0 Å². The number of rotatable bonds is 3. The third-order valence-corrected chi connectivity index (χ3v) is 3.53. The summed E-state index contributed by atoms with van der Waals surface area (Å²) in [6, 6.07) is 3.18. The minimum Gasteiger partial charge on any atom is -0.384 e. The van der Waals surface area contributed by atoms with Crippen LogP contribution in [0.5, 0.6) is 0 Å². The number of nitrogens with one attached hydrogen (secondary N) is 1. The third kappa shape index (κ3) is 2.65. The van der Waals surface area contributed by atoms with Crippen molar-refractivity contribution in [2.45, 2.75) is 19.4 Å². The third-order valence-electron chi connectivity index (χ3n) is 2.44. The van der Waals surface area contributed by atoms with Crippen LogP contribution in [0.25, 0.3) is 0 Å². The normalized spacial score (nSPS) is 11.2. The maximum atomic E-state index is 12.1. The number of nitrogens with zero attached hydrogens (tertiary/aromatic N) is 2. The van der Waals surface area contributed by atoms with Crippen molar-refractivity contribution < 1.29 is 4.79 Å². The molecule has 2 rings (SSSR count). The van der Waals surface area contributed by atoms with Gasteiger partial charge in [-0.2, -0.15) is 0 Å². The molecule has 0 aromatic carbocycles. The first-order valence-corrected chi connectivity index (χ1v) is 6.31. The van der Waals surface area contributed by atoms with Gasteiger partial charge in [-0.1, -0.05) is 0 Å². The number of nitrogen functional groups attached to an aromatic ring is 1. The number of anilines is 1. The molecule has 0 atom stereocenters. The van der Waals surface area contributed by atoms with Gasteiger partial charge in [0, 0.05) is 23.3 Å². The smallest absolute Gasteiger partial charge is 0.252 e. The number of hydrogen-bond acceptors (Lipinski definition) is 5. The average Bonchev–Trinajstić information content (AvgIpc) is 2.82. The molecule has 0 radical (unpaired) electrons. The molecule has 0 fully saturated rings. The number of carbonyl (C=O) groups excluding carboxylic acids is 1. The van der Waals surface area contributed by atoms with Gasteiger partial charge in [-0.05, 0) is 26.0 Å². The molecular weight excluding hydrogens is 248 g/mol. The highest BCUT2D eigenvalue weighted by atomic mass is 32.1. The highest BCUT2D eigenvalue weighted by Gasteiger charge is 2.25. The van der Waals surface area contributed by atoms with E-state index < -0.39 is 5.54 Å². The zero-order chi connectivity index (χ0) is 13.2. The summed E-state index contributed by atoms with van der Waals surface area (Å²) in [6.07, 6.45) is 3.24. The maximum absolute atomic E-state index is 12.1. The van der Waals surface area contributed by atoms with Gasteiger partial charge in [-0.3, -0.25) is 4.79 Å². The number of nitrogens with two attached hydrogens (primary N) is 1. The Bertz CT molecular complexity index is 551. The van der Waals surface area contributed by atoms with Crippen molar-refractivity contribution in [1.82, 2.24) is 15.3 Å². The second kappa shape index (κ2) is 4.73. The molecule has 94 valence electrons. The van der Waals surface area contributed by atoms with Crippen LogP contribution < -0.4 is 11.1 Å². The van der Waals surface area contributed by atoms with E-state index in [9.17, 15) is 4.79 Å². The predicted molar refractivity (Wildman–Crippen MR) is 71.3 cm³/mol. The highest BCUT2D eigenvalue weighted by Crippen LogP contribution is 2.22. The van der Waals surface area contributed by atoms with Gasteiger partial charge in [0.05, 0.1) is 5.54 Å². The fourth-order valence-corrected chi connectivity index (χ4v) is 2.25. The standard InChI is InChI=1S/C12H14N4OS/c1-12(2,11-15-5-6-18-11)16-10(17)8-3-4-14-9(13)7-8/h3-7H,1-2H3,(H2,13,14)(H,16,17). The van der Waals surface area contributed by atoms with Crippen LogP contribution in [0.15, 0.2) is 29.9 Å². The number of pyridine rings is 1. The zero-order valence-corrected chi connectivity index (χ0v) is 11.0. The van der Waals surface area contributed by atoms with Crippen LogP contribution in [0.3, 0.4) is 0 Å². The van der Waals surface area contributed by atoms with Gasteiger partial charge < -0.3 is 11.1 Å². The van der Waals surface area contributed by atoms with Crippen molar-refractivity contribution in [3.05, 3.63) is 40.5 Å². The van der Waals surface area contributed by atoms with E-state index >= 15 is 0 Å². The van der Waals surface area contributed by atoms with Crippen molar-refractivity contribution >= 4 is 23.1 Å². The SMILES string of the molecule is CC(C)(NC(=O)c1ccnc(N)c1)c1nccs1. The van der Waals surface area contributed by atoms with E-state index in [1.165, 1.54) is 17.5 Å². The lowest BCUT2D eigenvalue weighted by Gasteiger charge is -2.23. The Labute approximate surface area is 109 Å². The summed E-state index contributed by atoms with van der Waals surface area (Å²) >= 11 is 1.51. The van der Waals surface area contributed by atoms with Crippen molar-refractivity contribution in [1.29, 1.82) is 0 Å². The monoisotopic (exact) mass is 262 g/mol. The van der Waals surface area contributed by atoms with Gasteiger partial charge in [-0.25, -0.2) is 9.97 Å². The maximum Gasteiger partial charge on any atom is 0.252 e. The van der Waals surface area contributed by atoms with Crippen molar-refractivity contribution in [2.75, 3.05) is 5.73 Å². The molecule has 3 N–H and O–H groups in total. The second-order valence-electron chi connectivity index (χ2n) is 4.39. The lowest BCUT2D eigenvalue weighted by Crippen LogP contribution is -2.40. The molecule has 1 amide bonds. The predicted octanol–water partition coefficient (Wildman–Crippen LogP) is 1.79. The summed E-state index contributed by atoms with van der Waals surface area (Å²) in [5.74, 6) is 0.138. The number of aromatic nitrogens is 2. The van der Waals surface area contributed by atoms with E-state index in [2.05, 4.69) is 15.3 Å². The Morgan fingerprint density at radius 2 is 2.17 bits per heavy atom. The molecule has 5 nitrogen and oxygen atoms in total. The molecule has 18 heavy (non-hydrogen) atoms. The van der Waals surface area contributed by atoms with Gasteiger partial charge in [0.15, 0.2) is 0 Å². The summed E-state index contributed by atoms with van der Waals surface area (Å²) in [5.41, 5.74) is 5.54. The second-order valence-corrected chi connectivity index (χ2v) is 5.28. The number of thiazole rings is 1. The Balaban J connectivity index is 2.17. The Morgan fingerprint density at radius 3 is 2.78 bits per heavy atom. The lowest BCUT2D eigenvalue weighted by atomic mass is 10.1. The fraction of sp³-hybridized carbons (Fsp3) is 0.250. The Morgan fingerprint density at radius 1 is 1.39 bits per heavy atom. The van der Waals surface area contributed by atoms with Crippen LogP contribution in [0.1, 0.15) is 29.2 Å². The molecule has 6 heteroatoms. The molecule has 0 bridgehead atoms. The molecule has 0 aliphatic rings. The first-order chi connectivity index (χ1) is 8.49. The van der Waals surface area contributed by atoms with Crippen LogP contribution >= 0.6 is 11.3 Å². The lowest BCUT2D eigenvalue weighted by molar-refractivity contribution is 0.0912. The molecule has 0 spiro atoms. The first-order valence-electron chi connectivity index (χ1n) is 5.43. The van der Waals surface area contributed by atoms with Gasteiger partial charge in [0.1, 0.15) is 10.8 Å². The molecule has 2 aromatic rings. The minimum absolute atomic E-state index is 0.190. The van der Waals surface area contributed by atoms with Gasteiger partial charge >= 0.3 is 0 Å². The van der Waals surface area contributed by atoms with Crippen LogP contribution in [0.4, 0.5) is 5.82 Å². The zero-order valence-electron chi connectivity index (χ0n) is 10.2. The van der Waals surface area contributed by atoms with Crippen LogP contribution in [-0.2, 0) is 5.54 Å². The van der Waals surface area contributed by atoms with Crippen molar-refractivity contribution in [3.63, 3.8) is 0 Å². The van der Waals surface area contributed by atoms with E-state index in [0.717, 1.165) is 5.01 Å². The molecule has 0 saturated heterocycles. The van der Waals surface area contributed by atoms with Gasteiger partial charge in [-0.15, -0.1) is 11.3 Å². The summed E-state index contributed by atoms with van der Waals surface area (Å²) in [4.78, 5) is 20.2. The van der Waals surface area contributed by atoms with Crippen LogP contribution in [0.2, 0.25) is 0 Å². The van der Waals surface area contributed by atoms with Crippen LogP contribution in [-0.4, -0.2) is 15.9 Å². The van der Waals surface area contributed by atoms with Gasteiger partial charge in [0.25, 0.3) is 5.91 Å². The number of amides is 1. The highest BCUT2D eigenvalue weighted by molar-refractivity contribution is 7.09. The molecule has 2 aromatic heterocycles. The Kier molecular flexibility index (Phi) is 3.29. The summed E-state index contributed by atoms with van der Waals surface area (Å²) in [7, 11) is 0. The molecule has 2 heterocycles. The number of hydrogen-bond donors (Lipinski definition) is 2. The summed E-state index contributed by atoms with van der Waals surface area (Å²) in [6.45, 7) is 3.82. The van der Waals surface area contributed by atoms with E-state index in [1.807, 2.05) is 19.2 Å². The summed E-state index contributed by atoms with van der Waals surface area (Å²) in [5, 5.41) is 5.67. The summed E-state index contributed by atoms with van der Waals surface area (Å²) < 4.78 is 0. The molecule has 0 unspecified atom stereocenters. The van der Waals surface area contributed by atoms with Crippen molar-refractivity contribution in [3.8, 4) is 0 Å². The average molecular weight is 262 g/mol. The van der Waals surface area contributed by atoms with Gasteiger partial charge in [0.2, 0.25) is 0 Å².